The molecule has 0 saturated heterocycles. The number of aryl methyl sites for hydroxylation is 1. The van der Waals surface area contributed by atoms with Crippen LogP contribution in [0.25, 0.3) is 0 Å². The molecule has 1 atom stereocenters. The smallest absolute Gasteiger partial charge is 0.227 e. The summed E-state index contributed by atoms with van der Waals surface area (Å²) in [6.45, 7) is 1.42. The molecule has 25 heavy (non-hydrogen) atoms. The number of methoxy groups -OCH3 is 1. The maximum Gasteiger partial charge on any atom is 0.227 e. The summed E-state index contributed by atoms with van der Waals surface area (Å²) in [6.07, 6.45) is 0.0859. The molecule has 1 amide bonds. The number of nitrogens with zero attached hydrogens (tertiary/aromatic N) is 3. The summed E-state index contributed by atoms with van der Waals surface area (Å²) in [5.41, 5.74) is 2.18. The number of aliphatic hydroxyl groups excluding tert-OH is 2. The number of carbonyl (C=O) groups is 1. The third-order valence-corrected chi connectivity index (χ3v) is 4.43. The highest BCUT2D eigenvalue weighted by Crippen LogP contribution is 2.21. The molecule has 0 radical (unpaired) electrons. The first kappa shape index (κ1) is 17.4. The molecule has 1 aliphatic heterocycles. The van der Waals surface area contributed by atoms with Gasteiger partial charge in [0.25, 0.3) is 0 Å². The predicted molar refractivity (Wildman–Crippen MR) is 91.0 cm³/mol. The highest BCUT2D eigenvalue weighted by Gasteiger charge is 2.23. The zero-order chi connectivity index (χ0) is 17.8. The zero-order valence-corrected chi connectivity index (χ0v) is 14.3. The Morgan fingerprint density at radius 2 is 2.16 bits per heavy atom. The van der Waals surface area contributed by atoms with E-state index in [1.165, 1.54) is 0 Å². The molecule has 0 spiro atoms. The van der Waals surface area contributed by atoms with Crippen LogP contribution in [0, 0.1) is 0 Å². The van der Waals surface area contributed by atoms with Crippen LogP contribution in [-0.4, -0.2) is 51.1 Å². The number of amides is 1. The number of hydrogen-bond acceptors (Lipinski definition) is 5. The minimum Gasteiger partial charge on any atom is -0.496 e. The SMILES string of the molecule is COc1ccccc1CC(=O)N1CCCn2nc([C@H](O)CO)cc2C1. The van der Waals surface area contributed by atoms with Crippen LogP contribution in [0.15, 0.2) is 30.3 Å². The normalized spacial score (nSPS) is 15.4. The predicted octanol–water partition coefficient (Wildman–Crippen LogP) is 0.892. The van der Waals surface area contributed by atoms with E-state index >= 15 is 0 Å². The van der Waals surface area contributed by atoms with Gasteiger partial charge >= 0.3 is 0 Å². The molecule has 0 saturated carbocycles. The van der Waals surface area contributed by atoms with Crippen molar-refractivity contribution >= 4 is 5.91 Å². The molecule has 0 fully saturated rings. The molecule has 134 valence electrons. The molecule has 0 bridgehead atoms. The first-order valence-corrected chi connectivity index (χ1v) is 8.37. The summed E-state index contributed by atoms with van der Waals surface area (Å²) in [5.74, 6) is 0.743. The molecule has 7 nitrogen and oxygen atoms in total. The fourth-order valence-corrected chi connectivity index (χ4v) is 3.08. The largest absolute Gasteiger partial charge is 0.496 e. The summed E-state index contributed by atoms with van der Waals surface area (Å²) in [6, 6.07) is 9.28. The van der Waals surface area contributed by atoms with Crippen LogP contribution in [0.2, 0.25) is 0 Å². The lowest BCUT2D eigenvalue weighted by molar-refractivity contribution is -0.131. The third-order valence-electron chi connectivity index (χ3n) is 4.43. The van der Waals surface area contributed by atoms with E-state index in [0.717, 1.165) is 17.7 Å². The van der Waals surface area contributed by atoms with Crippen molar-refractivity contribution < 1.29 is 19.7 Å². The quantitative estimate of drug-likeness (QED) is 0.840. The molecule has 0 unspecified atom stereocenters. The average molecular weight is 345 g/mol. The summed E-state index contributed by atoms with van der Waals surface area (Å²) < 4.78 is 7.13. The Morgan fingerprint density at radius 1 is 1.36 bits per heavy atom. The van der Waals surface area contributed by atoms with Crippen LogP contribution in [0.4, 0.5) is 0 Å². The van der Waals surface area contributed by atoms with Gasteiger partial charge in [0.15, 0.2) is 0 Å². The molecule has 1 aromatic heterocycles. The number of aromatic nitrogens is 2. The molecular weight excluding hydrogens is 322 g/mol. The Labute approximate surface area is 146 Å². The van der Waals surface area contributed by atoms with Crippen LogP contribution in [0.3, 0.4) is 0 Å². The first-order chi connectivity index (χ1) is 12.1. The Balaban J connectivity index is 1.74. The van der Waals surface area contributed by atoms with Crippen molar-refractivity contribution in [2.75, 3.05) is 20.3 Å². The van der Waals surface area contributed by atoms with E-state index in [2.05, 4.69) is 5.10 Å². The Bertz CT molecular complexity index is 744. The van der Waals surface area contributed by atoms with Crippen LogP contribution in [0.1, 0.15) is 29.5 Å². The minimum atomic E-state index is -0.989. The molecule has 1 aromatic carbocycles. The molecule has 2 heterocycles. The summed E-state index contributed by atoms with van der Waals surface area (Å²) in [5, 5.41) is 23.2. The zero-order valence-electron chi connectivity index (χ0n) is 14.3. The number of carbonyl (C=O) groups excluding carboxylic acids is 1. The minimum absolute atomic E-state index is 0.0309. The first-order valence-electron chi connectivity index (χ1n) is 8.37. The maximum atomic E-state index is 12.7. The van der Waals surface area contributed by atoms with Crippen molar-refractivity contribution in [2.24, 2.45) is 0 Å². The van der Waals surface area contributed by atoms with E-state index in [9.17, 15) is 9.90 Å². The molecular formula is C18H23N3O4. The fraction of sp³-hybridized carbons (Fsp3) is 0.444. The fourth-order valence-electron chi connectivity index (χ4n) is 3.08. The van der Waals surface area contributed by atoms with Gasteiger partial charge in [-0.15, -0.1) is 0 Å². The highest BCUT2D eigenvalue weighted by molar-refractivity contribution is 5.79. The lowest BCUT2D eigenvalue weighted by atomic mass is 10.1. The lowest BCUT2D eigenvalue weighted by Gasteiger charge is -2.20. The second-order valence-electron chi connectivity index (χ2n) is 6.14. The highest BCUT2D eigenvalue weighted by atomic mass is 16.5. The van der Waals surface area contributed by atoms with E-state index in [1.54, 1.807) is 13.2 Å². The van der Waals surface area contributed by atoms with Gasteiger partial charge in [-0.05, 0) is 18.6 Å². The molecule has 7 heteroatoms. The molecule has 1 aliphatic rings. The number of hydrogen-bond donors (Lipinski definition) is 2. The Kier molecular flexibility index (Phi) is 5.35. The molecule has 2 aromatic rings. The number of benzene rings is 1. The van der Waals surface area contributed by atoms with Crippen molar-refractivity contribution in [3.63, 3.8) is 0 Å². The summed E-state index contributed by atoms with van der Waals surface area (Å²) >= 11 is 0. The molecule has 3 rings (SSSR count). The van der Waals surface area contributed by atoms with Gasteiger partial charge in [0, 0.05) is 18.7 Å². The van der Waals surface area contributed by atoms with Gasteiger partial charge in [-0.3, -0.25) is 9.48 Å². The van der Waals surface area contributed by atoms with E-state index in [-0.39, 0.29) is 18.9 Å². The number of ether oxygens (including phenoxy) is 1. The Morgan fingerprint density at radius 3 is 2.92 bits per heavy atom. The van der Waals surface area contributed by atoms with Crippen molar-refractivity contribution in [2.45, 2.75) is 32.0 Å². The van der Waals surface area contributed by atoms with Crippen LogP contribution >= 0.6 is 0 Å². The summed E-state index contributed by atoms with van der Waals surface area (Å²) in [7, 11) is 1.60. The second kappa shape index (κ2) is 7.67. The lowest BCUT2D eigenvalue weighted by Crippen LogP contribution is -2.32. The van der Waals surface area contributed by atoms with Gasteiger partial charge in [0.1, 0.15) is 11.9 Å². The maximum absolute atomic E-state index is 12.7. The second-order valence-corrected chi connectivity index (χ2v) is 6.14. The molecule has 0 aliphatic carbocycles. The van der Waals surface area contributed by atoms with Gasteiger partial charge < -0.3 is 19.8 Å². The van der Waals surface area contributed by atoms with E-state index < -0.39 is 6.10 Å². The standard InChI is InChI=1S/C18H23N3O4/c1-25-17-6-3-2-5-13(17)9-18(24)20-7-4-8-21-14(11-20)10-15(19-21)16(23)12-22/h2-3,5-6,10,16,22-23H,4,7-9,11-12H2,1H3/t16-/m1/s1. The van der Waals surface area contributed by atoms with Crippen molar-refractivity contribution in [3.8, 4) is 5.75 Å². The average Bonchev–Trinajstić information content (AvgIpc) is 2.93. The van der Waals surface area contributed by atoms with Gasteiger partial charge in [0.05, 0.1) is 38.1 Å². The van der Waals surface area contributed by atoms with E-state index in [4.69, 9.17) is 9.84 Å². The Hall–Kier alpha value is -2.38. The van der Waals surface area contributed by atoms with Crippen molar-refractivity contribution in [1.29, 1.82) is 0 Å². The van der Waals surface area contributed by atoms with E-state index in [0.29, 0.717) is 31.1 Å². The number of rotatable bonds is 5. The van der Waals surface area contributed by atoms with Gasteiger partial charge in [-0.1, -0.05) is 18.2 Å². The number of para-hydroxylation sites is 1. The van der Waals surface area contributed by atoms with Gasteiger partial charge in [-0.2, -0.15) is 5.10 Å². The van der Waals surface area contributed by atoms with Crippen LogP contribution in [-0.2, 0) is 24.3 Å². The van der Waals surface area contributed by atoms with Gasteiger partial charge in [0.2, 0.25) is 5.91 Å². The third kappa shape index (κ3) is 3.83. The topological polar surface area (TPSA) is 87.8 Å². The molecule has 2 N–H and O–H groups in total. The van der Waals surface area contributed by atoms with E-state index in [1.807, 2.05) is 33.8 Å². The van der Waals surface area contributed by atoms with Crippen molar-refractivity contribution in [1.82, 2.24) is 14.7 Å². The number of fused-ring (bicyclic) bond motifs is 1. The van der Waals surface area contributed by atoms with Crippen molar-refractivity contribution in [3.05, 3.63) is 47.3 Å². The summed E-state index contributed by atoms with van der Waals surface area (Å²) in [4.78, 5) is 14.6. The van der Waals surface area contributed by atoms with Gasteiger partial charge in [-0.25, -0.2) is 0 Å². The number of aliphatic hydroxyl groups is 2. The van der Waals surface area contributed by atoms with Crippen LogP contribution in [0.5, 0.6) is 5.75 Å². The monoisotopic (exact) mass is 345 g/mol. The van der Waals surface area contributed by atoms with Crippen LogP contribution < -0.4 is 4.74 Å².